The van der Waals surface area contributed by atoms with Crippen LogP contribution in [0.5, 0.6) is 0 Å². The van der Waals surface area contributed by atoms with Gasteiger partial charge in [-0.1, -0.05) is 6.08 Å². The van der Waals surface area contributed by atoms with E-state index in [1.807, 2.05) is 11.3 Å². The van der Waals surface area contributed by atoms with Gasteiger partial charge in [-0.2, -0.15) is 0 Å². The number of rotatable bonds is 1. The molecule has 3 rings (SSSR count). The van der Waals surface area contributed by atoms with E-state index in [-0.39, 0.29) is 0 Å². The summed E-state index contributed by atoms with van der Waals surface area (Å²) in [5.74, 6) is 0.569. The Labute approximate surface area is 87.6 Å². The van der Waals surface area contributed by atoms with Gasteiger partial charge in [0.25, 0.3) is 0 Å². The lowest BCUT2D eigenvalue weighted by Crippen LogP contribution is -1.96. The number of hydrogen-bond acceptors (Lipinski definition) is 3. The van der Waals surface area contributed by atoms with Crippen molar-refractivity contribution in [3.63, 3.8) is 0 Å². The molecular formula is C11H13NOS. The number of ether oxygens (including phenoxy) is 1. The van der Waals surface area contributed by atoms with Gasteiger partial charge >= 0.3 is 0 Å². The molecule has 0 radical (unpaired) electrons. The fourth-order valence-electron chi connectivity index (χ4n) is 2.01. The highest BCUT2D eigenvalue weighted by atomic mass is 32.1. The molecule has 1 saturated heterocycles. The lowest BCUT2D eigenvalue weighted by atomic mass is 10.1. The first-order valence-corrected chi connectivity index (χ1v) is 5.99. The first kappa shape index (κ1) is 8.62. The van der Waals surface area contributed by atoms with Gasteiger partial charge < -0.3 is 4.74 Å². The Morgan fingerprint density at radius 2 is 2.50 bits per heavy atom. The van der Waals surface area contributed by atoms with Gasteiger partial charge in [0, 0.05) is 17.4 Å². The standard InChI is InChI=1S/C11H13NOS/c1-2-4-10-9(3-1)12-11(14-10)8-5-6-13-7-8/h1,3,8H,2,4-7H2. The second-order valence-corrected chi connectivity index (χ2v) is 4.98. The minimum atomic E-state index is 0.569. The van der Waals surface area contributed by atoms with E-state index in [0.29, 0.717) is 5.92 Å². The third-order valence-electron chi connectivity index (χ3n) is 2.84. The van der Waals surface area contributed by atoms with Gasteiger partial charge in [0.05, 0.1) is 17.3 Å². The highest BCUT2D eigenvalue weighted by Gasteiger charge is 2.22. The average Bonchev–Trinajstić information content (AvgIpc) is 2.86. The Hall–Kier alpha value is -0.670. The lowest BCUT2D eigenvalue weighted by molar-refractivity contribution is 0.194. The lowest BCUT2D eigenvalue weighted by Gasteiger charge is -2.00. The van der Waals surface area contributed by atoms with Crippen LogP contribution in [0.25, 0.3) is 6.08 Å². The Bertz CT molecular complexity index is 363. The molecule has 1 unspecified atom stereocenters. The fourth-order valence-corrected chi connectivity index (χ4v) is 3.19. The summed E-state index contributed by atoms with van der Waals surface area (Å²) in [5.41, 5.74) is 1.21. The second kappa shape index (κ2) is 3.48. The van der Waals surface area contributed by atoms with E-state index >= 15 is 0 Å². The Morgan fingerprint density at radius 1 is 1.50 bits per heavy atom. The van der Waals surface area contributed by atoms with Crippen LogP contribution in [-0.4, -0.2) is 18.2 Å². The topological polar surface area (TPSA) is 22.1 Å². The zero-order valence-corrected chi connectivity index (χ0v) is 8.85. The van der Waals surface area contributed by atoms with Crippen LogP contribution in [0.4, 0.5) is 0 Å². The monoisotopic (exact) mass is 207 g/mol. The van der Waals surface area contributed by atoms with Crippen LogP contribution in [0.15, 0.2) is 6.08 Å². The molecular weight excluding hydrogens is 194 g/mol. The Balaban J connectivity index is 1.92. The van der Waals surface area contributed by atoms with Gasteiger partial charge in [0.1, 0.15) is 0 Å². The third kappa shape index (κ3) is 1.41. The number of thiazole rings is 1. The molecule has 0 N–H and O–H groups in total. The van der Waals surface area contributed by atoms with Crippen LogP contribution >= 0.6 is 11.3 Å². The summed E-state index contributed by atoms with van der Waals surface area (Å²) in [5, 5.41) is 1.29. The van der Waals surface area contributed by atoms with Crippen LogP contribution in [0, 0.1) is 0 Å². The van der Waals surface area contributed by atoms with E-state index in [0.717, 1.165) is 19.6 Å². The Kier molecular flexibility index (Phi) is 2.14. The van der Waals surface area contributed by atoms with Crippen molar-refractivity contribution < 1.29 is 4.74 Å². The van der Waals surface area contributed by atoms with E-state index < -0.39 is 0 Å². The molecule has 1 aliphatic heterocycles. The van der Waals surface area contributed by atoms with Crippen LogP contribution in [0.2, 0.25) is 0 Å². The maximum atomic E-state index is 5.39. The summed E-state index contributed by atoms with van der Waals surface area (Å²) in [7, 11) is 0. The van der Waals surface area contributed by atoms with Crippen LogP contribution in [0.1, 0.15) is 34.3 Å². The first-order valence-electron chi connectivity index (χ1n) is 5.17. The molecule has 0 amide bonds. The van der Waals surface area contributed by atoms with Gasteiger partial charge in [0.2, 0.25) is 0 Å². The quantitative estimate of drug-likeness (QED) is 0.706. The Morgan fingerprint density at radius 3 is 3.29 bits per heavy atom. The van der Waals surface area contributed by atoms with Gasteiger partial charge in [-0.15, -0.1) is 11.3 Å². The number of nitrogens with zero attached hydrogens (tertiary/aromatic N) is 1. The fraction of sp³-hybridized carbons (Fsp3) is 0.545. The molecule has 1 aliphatic carbocycles. The first-order chi connectivity index (χ1) is 6.93. The smallest absolute Gasteiger partial charge is 0.0990 e. The van der Waals surface area contributed by atoms with E-state index in [9.17, 15) is 0 Å². The SMILES string of the molecule is C1=Cc2nc(C3CCOC3)sc2CC1. The molecule has 14 heavy (non-hydrogen) atoms. The van der Waals surface area contributed by atoms with E-state index in [4.69, 9.17) is 4.74 Å². The molecule has 1 atom stereocenters. The number of allylic oxidation sites excluding steroid dienone is 1. The summed E-state index contributed by atoms with van der Waals surface area (Å²) < 4.78 is 5.39. The highest BCUT2D eigenvalue weighted by molar-refractivity contribution is 7.12. The highest BCUT2D eigenvalue weighted by Crippen LogP contribution is 2.33. The minimum absolute atomic E-state index is 0.569. The van der Waals surface area contributed by atoms with Crippen molar-refractivity contribution in [3.05, 3.63) is 21.7 Å². The van der Waals surface area contributed by atoms with Crippen molar-refractivity contribution in [1.82, 2.24) is 4.98 Å². The van der Waals surface area contributed by atoms with E-state index in [1.54, 1.807) is 0 Å². The summed E-state index contributed by atoms with van der Waals surface area (Å²) in [4.78, 5) is 6.15. The van der Waals surface area contributed by atoms with Crippen LogP contribution in [-0.2, 0) is 11.2 Å². The zero-order valence-electron chi connectivity index (χ0n) is 8.03. The minimum Gasteiger partial charge on any atom is -0.381 e. The largest absolute Gasteiger partial charge is 0.381 e. The van der Waals surface area contributed by atoms with E-state index in [1.165, 1.54) is 28.4 Å². The molecule has 3 heteroatoms. The van der Waals surface area contributed by atoms with Crippen molar-refractivity contribution in [2.24, 2.45) is 0 Å². The van der Waals surface area contributed by atoms with E-state index in [2.05, 4.69) is 17.1 Å². The number of hydrogen-bond donors (Lipinski definition) is 0. The van der Waals surface area contributed by atoms with Gasteiger partial charge in [-0.25, -0.2) is 4.98 Å². The second-order valence-electron chi connectivity index (χ2n) is 3.86. The van der Waals surface area contributed by atoms with Crippen molar-refractivity contribution >= 4 is 17.4 Å². The predicted molar refractivity (Wildman–Crippen MR) is 57.6 cm³/mol. The van der Waals surface area contributed by atoms with Crippen molar-refractivity contribution in [2.45, 2.75) is 25.2 Å². The molecule has 1 fully saturated rings. The molecule has 74 valence electrons. The molecule has 2 nitrogen and oxygen atoms in total. The van der Waals surface area contributed by atoms with Crippen LogP contribution < -0.4 is 0 Å². The summed E-state index contributed by atoms with van der Waals surface area (Å²) in [6.45, 7) is 1.78. The molecule has 0 bridgehead atoms. The number of fused-ring (bicyclic) bond motifs is 1. The summed E-state index contributed by atoms with van der Waals surface area (Å²) in [6, 6.07) is 0. The molecule has 2 aliphatic rings. The maximum Gasteiger partial charge on any atom is 0.0990 e. The average molecular weight is 207 g/mol. The normalized spacial score (nSPS) is 25.3. The predicted octanol–water partition coefficient (Wildman–Crippen LogP) is 2.61. The van der Waals surface area contributed by atoms with Gasteiger partial charge in [0.15, 0.2) is 0 Å². The van der Waals surface area contributed by atoms with Crippen molar-refractivity contribution in [1.29, 1.82) is 0 Å². The summed E-state index contributed by atoms with van der Waals surface area (Å²) >= 11 is 1.89. The van der Waals surface area contributed by atoms with Crippen molar-refractivity contribution in [2.75, 3.05) is 13.2 Å². The van der Waals surface area contributed by atoms with Crippen molar-refractivity contribution in [3.8, 4) is 0 Å². The number of aryl methyl sites for hydroxylation is 1. The molecule has 1 aromatic heterocycles. The molecule has 0 saturated carbocycles. The van der Waals surface area contributed by atoms with Gasteiger partial charge in [-0.3, -0.25) is 0 Å². The molecule has 1 aromatic rings. The molecule has 0 spiro atoms. The molecule has 0 aromatic carbocycles. The zero-order chi connectivity index (χ0) is 9.38. The number of aromatic nitrogens is 1. The van der Waals surface area contributed by atoms with Gasteiger partial charge in [-0.05, 0) is 25.3 Å². The summed E-state index contributed by atoms with van der Waals surface area (Å²) in [6.07, 6.45) is 7.88. The third-order valence-corrected chi connectivity index (χ3v) is 4.13. The molecule has 2 heterocycles. The maximum absolute atomic E-state index is 5.39. The van der Waals surface area contributed by atoms with Crippen LogP contribution in [0.3, 0.4) is 0 Å².